The molecule has 1 N–H and O–H groups in total. The number of nitrogens with one attached hydrogen (secondary N) is 1. The highest BCUT2D eigenvalue weighted by molar-refractivity contribution is 7.43. The van der Waals surface area contributed by atoms with Crippen molar-refractivity contribution in [3.05, 3.63) is 58.1 Å². The fraction of sp³-hybridized carbons (Fsp3) is 0.133. The molecule has 0 atom stereocenters. The lowest BCUT2D eigenvalue weighted by Crippen LogP contribution is -2.21. The van der Waals surface area contributed by atoms with Gasteiger partial charge in [0.05, 0.1) is 11.1 Å². The van der Waals surface area contributed by atoms with Gasteiger partial charge in [-0.25, -0.2) is 0 Å². The summed E-state index contributed by atoms with van der Waals surface area (Å²) in [6.07, 6.45) is -4.62. The van der Waals surface area contributed by atoms with E-state index in [2.05, 4.69) is 9.84 Å². The lowest BCUT2D eigenvalue weighted by Gasteiger charge is -2.29. The number of amides is 1. The minimum Gasteiger partial charge on any atom is -0.780 e. The summed E-state index contributed by atoms with van der Waals surface area (Å²) in [5.41, 5.74) is -1.35. The van der Waals surface area contributed by atoms with Crippen molar-refractivity contribution < 1.29 is 36.8 Å². The Morgan fingerprint density at radius 3 is 2.42 bits per heavy atom. The van der Waals surface area contributed by atoms with Crippen LogP contribution in [0.1, 0.15) is 21.5 Å². The number of benzene rings is 2. The molecule has 2 aromatic rings. The second kappa shape index (κ2) is 7.28. The molecule has 0 aromatic heterocycles. The van der Waals surface area contributed by atoms with Crippen molar-refractivity contribution in [3.63, 3.8) is 0 Å². The van der Waals surface area contributed by atoms with Gasteiger partial charge in [0.2, 0.25) is 0 Å². The van der Waals surface area contributed by atoms with Crippen LogP contribution in [0.4, 0.5) is 18.9 Å². The smallest absolute Gasteiger partial charge is 0.416 e. The van der Waals surface area contributed by atoms with Crippen molar-refractivity contribution in [3.8, 4) is 5.75 Å². The number of carbonyl (C=O) groups is 1. The van der Waals surface area contributed by atoms with Gasteiger partial charge in [0.25, 0.3) is 5.91 Å². The van der Waals surface area contributed by atoms with Crippen LogP contribution in [0.25, 0.3) is 0 Å². The monoisotopic (exact) mass is 407 g/mol. The highest BCUT2D eigenvalue weighted by atomic mass is 35.5. The number of alkyl halides is 3. The van der Waals surface area contributed by atoms with Gasteiger partial charge in [-0.1, -0.05) is 11.6 Å². The van der Waals surface area contributed by atoms with Crippen LogP contribution in [-0.4, -0.2) is 5.91 Å². The third-order valence-electron chi connectivity index (χ3n) is 3.06. The third kappa shape index (κ3) is 5.47. The van der Waals surface area contributed by atoms with Gasteiger partial charge in [0.1, 0.15) is 13.6 Å². The molecule has 0 saturated carbocycles. The van der Waals surface area contributed by atoms with Crippen LogP contribution in [-0.2, 0) is 10.7 Å². The molecule has 0 radical (unpaired) electrons. The molecule has 1 amide bonds. The summed E-state index contributed by atoms with van der Waals surface area (Å²) in [4.78, 5) is 33.9. The Bertz CT molecular complexity index is 897. The van der Waals surface area contributed by atoms with E-state index in [-0.39, 0.29) is 16.3 Å². The van der Waals surface area contributed by atoms with E-state index < -0.39 is 36.8 Å². The van der Waals surface area contributed by atoms with Crippen molar-refractivity contribution in [1.29, 1.82) is 0 Å². The first-order valence-electron chi connectivity index (χ1n) is 6.86. The van der Waals surface area contributed by atoms with Gasteiger partial charge in [-0.2, -0.15) is 13.2 Å². The maximum atomic E-state index is 12.9. The summed E-state index contributed by atoms with van der Waals surface area (Å²) in [6.45, 7) is 1.41. The number of carbonyl (C=O) groups excluding carboxylic acids is 1. The van der Waals surface area contributed by atoms with Crippen LogP contribution in [0.15, 0.2) is 36.4 Å². The van der Waals surface area contributed by atoms with Gasteiger partial charge in [-0.15, -0.1) is 0 Å². The highest BCUT2D eigenvalue weighted by Crippen LogP contribution is 2.35. The molecule has 0 unspecified atom stereocenters. The molecule has 26 heavy (non-hydrogen) atoms. The Kier molecular flexibility index (Phi) is 5.67. The van der Waals surface area contributed by atoms with Crippen molar-refractivity contribution in [2.24, 2.45) is 0 Å². The summed E-state index contributed by atoms with van der Waals surface area (Å²) < 4.78 is 53.6. The van der Waals surface area contributed by atoms with Crippen molar-refractivity contribution in [2.75, 3.05) is 5.32 Å². The second-order valence-electron chi connectivity index (χ2n) is 5.22. The van der Waals surface area contributed by atoms with E-state index in [0.717, 1.165) is 18.2 Å². The van der Waals surface area contributed by atoms with Crippen LogP contribution in [0.5, 0.6) is 5.75 Å². The Labute approximate surface area is 150 Å². The van der Waals surface area contributed by atoms with Crippen molar-refractivity contribution >= 4 is 31.0 Å². The van der Waals surface area contributed by atoms with E-state index in [1.165, 1.54) is 19.1 Å². The molecule has 2 rings (SSSR count). The zero-order valence-corrected chi connectivity index (χ0v) is 14.6. The molecule has 0 bridgehead atoms. The molecule has 2 aromatic carbocycles. The molecule has 0 heterocycles. The van der Waals surface area contributed by atoms with Crippen LogP contribution in [0, 0.1) is 6.92 Å². The van der Waals surface area contributed by atoms with Gasteiger partial charge < -0.3 is 24.2 Å². The van der Waals surface area contributed by atoms with Gasteiger partial charge >= 0.3 is 6.18 Å². The summed E-state index contributed by atoms with van der Waals surface area (Å²) in [7, 11) is -5.46. The fourth-order valence-corrected chi connectivity index (χ4v) is 2.67. The maximum Gasteiger partial charge on any atom is 0.416 e. The quantitative estimate of drug-likeness (QED) is 0.785. The third-order valence-corrected chi connectivity index (χ3v) is 3.71. The molecular weight excluding hydrogens is 398 g/mol. The van der Waals surface area contributed by atoms with E-state index in [4.69, 9.17) is 11.6 Å². The predicted molar refractivity (Wildman–Crippen MR) is 83.8 cm³/mol. The summed E-state index contributed by atoms with van der Waals surface area (Å²) in [5, 5.41) is 2.22. The second-order valence-corrected chi connectivity index (χ2v) is 6.73. The molecule has 0 aliphatic heterocycles. The lowest BCUT2D eigenvalue weighted by atomic mass is 10.1. The van der Waals surface area contributed by atoms with E-state index in [9.17, 15) is 32.3 Å². The van der Waals surface area contributed by atoms with Crippen LogP contribution >= 0.6 is 19.4 Å². The Morgan fingerprint density at radius 1 is 1.19 bits per heavy atom. The molecular formula is C15H10ClF3NO5P-2. The zero-order valence-electron chi connectivity index (χ0n) is 13.0. The zero-order chi connectivity index (χ0) is 19.7. The van der Waals surface area contributed by atoms with Crippen LogP contribution < -0.4 is 19.6 Å². The molecule has 11 heteroatoms. The highest BCUT2D eigenvalue weighted by Gasteiger charge is 2.31. The predicted octanol–water partition coefficient (Wildman–Crippen LogP) is 3.13. The fourth-order valence-electron chi connectivity index (χ4n) is 2.10. The first kappa shape index (κ1) is 20.3. The largest absolute Gasteiger partial charge is 0.780 e. The Balaban J connectivity index is 2.38. The molecule has 140 valence electrons. The van der Waals surface area contributed by atoms with E-state index in [0.29, 0.717) is 6.07 Å². The van der Waals surface area contributed by atoms with Crippen LogP contribution in [0.2, 0.25) is 5.02 Å². The van der Waals surface area contributed by atoms with Gasteiger partial charge in [0, 0.05) is 10.7 Å². The first-order chi connectivity index (χ1) is 11.8. The van der Waals surface area contributed by atoms with E-state index in [1.54, 1.807) is 0 Å². The number of hydrogen-bond donors (Lipinski definition) is 1. The van der Waals surface area contributed by atoms with E-state index >= 15 is 0 Å². The van der Waals surface area contributed by atoms with E-state index in [1.807, 2.05) is 0 Å². The molecule has 0 saturated heterocycles. The maximum absolute atomic E-state index is 12.9. The van der Waals surface area contributed by atoms with Gasteiger partial charge in [-0.3, -0.25) is 4.79 Å². The minimum atomic E-state index is -5.46. The Hall–Kier alpha value is -2.06. The lowest BCUT2D eigenvalue weighted by molar-refractivity contribution is -0.333. The standard InChI is InChI=1S/C15H12ClF3NO5P/c1-8-4-9(15(17,18)19)6-11(5-8)20-14(21)12-7-10(16)2-3-13(12)25-26(22,23)24/h2-7H,1H3,(H,20,21)(H2,22,23,24)/p-2. The molecule has 0 aliphatic rings. The number of phosphoric ester groups is 1. The Morgan fingerprint density at radius 2 is 1.85 bits per heavy atom. The number of aryl methyl sites for hydroxylation is 1. The van der Waals surface area contributed by atoms with Crippen molar-refractivity contribution in [1.82, 2.24) is 0 Å². The number of hydrogen-bond acceptors (Lipinski definition) is 5. The number of rotatable bonds is 4. The average Bonchev–Trinajstić information content (AvgIpc) is 2.46. The normalized spacial score (nSPS) is 12.0. The topological polar surface area (TPSA) is 102 Å². The van der Waals surface area contributed by atoms with Crippen LogP contribution in [0.3, 0.4) is 0 Å². The molecule has 0 spiro atoms. The molecule has 0 fully saturated rings. The molecule has 0 aliphatic carbocycles. The molecule has 6 nitrogen and oxygen atoms in total. The number of halogens is 4. The number of anilines is 1. The van der Waals surface area contributed by atoms with Gasteiger partial charge in [0.15, 0.2) is 0 Å². The SMILES string of the molecule is Cc1cc(NC(=O)c2cc(Cl)ccc2OP(=O)([O-])[O-])cc(C(F)(F)F)c1. The number of phosphoric acid groups is 1. The summed E-state index contributed by atoms with van der Waals surface area (Å²) >= 11 is 5.74. The minimum absolute atomic E-state index is 0.0225. The summed E-state index contributed by atoms with van der Waals surface area (Å²) in [5.74, 6) is -1.60. The average molecular weight is 408 g/mol. The van der Waals surface area contributed by atoms with Gasteiger partial charge in [-0.05, 0) is 48.9 Å². The summed E-state index contributed by atoms with van der Waals surface area (Å²) in [6, 6.07) is 6.07. The van der Waals surface area contributed by atoms with Crippen molar-refractivity contribution in [2.45, 2.75) is 13.1 Å². The first-order valence-corrected chi connectivity index (χ1v) is 8.70.